The minimum absolute atomic E-state index is 0.00000348. The molecule has 8 heteroatoms. The molecule has 2 aromatic rings. The summed E-state index contributed by atoms with van der Waals surface area (Å²) in [4.78, 5) is 32.9. The topological polar surface area (TPSA) is 55.9 Å². The summed E-state index contributed by atoms with van der Waals surface area (Å²) in [6.45, 7) is 4.99. The highest BCUT2D eigenvalue weighted by molar-refractivity contribution is 7.18. The number of urea groups is 1. The van der Waals surface area contributed by atoms with E-state index in [4.69, 9.17) is 11.6 Å². The van der Waals surface area contributed by atoms with Gasteiger partial charge in [-0.3, -0.25) is 9.69 Å². The summed E-state index contributed by atoms with van der Waals surface area (Å²) in [6, 6.07) is 12.3. The minimum atomic E-state index is -0.108. The van der Waals surface area contributed by atoms with Crippen molar-refractivity contribution in [3.63, 3.8) is 0 Å². The third-order valence-electron chi connectivity index (χ3n) is 8.71. The molecule has 1 aromatic carbocycles. The third kappa shape index (κ3) is 4.36. The summed E-state index contributed by atoms with van der Waals surface area (Å²) in [5, 5.41) is 3.14. The number of thiophene rings is 1. The van der Waals surface area contributed by atoms with Crippen molar-refractivity contribution in [3.05, 3.63) is 51.2 Å². The lowest BCUT2D eigenvalue weighted by Crippen LogP contribution is -2.44. The Kier molecular flexibility index (Phi) is 6.27. The van der Waals surface area contributed by atoms with E-state index < -0.39 is 0 Å². The first-order chi connectivity index (χ1) is 17.0. The van der Waals surface area contributed by atoms with Crippen LogP contribution in [0.25, 0.3) is 0 Å². The predicted molar refractivity (Wildman–Crippen MR) is 141 cm³/mol. The number of rotatable bonds is 7. The van der Waals surface area contributed by atoms with E-state index in [-0.39, 0.29) is 24.0 Å². The number of likely N-dealkylation sites (tertiary alicyclic amines) is 1. The van der Waals surface area contributed by atoms with Crippen LogP contribution in [-0.4, -0.2) is 66.5 Å². The number of carbonyl (C=O) groups excluding carboxylic acids is 2. The number of halogens is 1. The van der Waals surface area contributed by atoms with Crippen LogP contribution >= 0.6 is 22.9 Å². The fraction of sp³-hybridized carbons (Fsp3) is 0.556. The third-order valence-corrected chi connectivity index (χ3v) is 9.94. The zero-order valence-corrected chi connectivity index (χ0v) is 21.6. The number of nitrogens with zero attached hydrogens (tertiary/aromatic N) is 3. The molecule has 2 atom stereocenters. The van der Waals surface area contributed by atoms with E-state index in [1.807, 2.05) is 9.80 Å². The van der Waals surface area contributed by atoms with Crippen LogP contribution in [0.1, 0.15) is 60.2 Å². The Bertz CT molecular complexity index is 1090. The first kappa shape index (κ1) is 23.3. The minimum Gasteiger partial charge on any atom is -0.346 e. The maximum atomic E-state index is 13.2. The van der Waals surface area contributed by atoms with E-state index in [0.29, 0.717) is 27.7 Å². The smallest absolute Gasteiger partial charge is 0.324 e. The van der Waals surface area contributed by atoms with Crippen LogP contribution in [0.5, 0.6) is 0 Å². The van der Waals surface area contributed by atoms with Crippen molar-refractivity contribution < 1.29 is 9.59 Å². The van der Waals surface area contributed by atoms with Crippen molar-refractivity contribution in [1.82, 2.24) is 15.1 Å². The van der Waals surface area contributed by atoms with Gasteiger partial charge in [0.2, 0.25) is 0 Å². The SMILES string of the molecule is O=C(N[C@@H]1CCN2C(=O)N(c3ccc(C4(CCN5CCCC5)CCC4)cc3)C[C@H]12)c1ccc(Cl)s1. The fourth-order valence-electron chi connectivity index (χ4n) is 6.46. The summed E-state index contributed by atoms with van der Waals surface area (Å²) in [6.07, 6.45) is 8.57. The van der Waals surface area contributed by atoms with Crippen molar-refractivity contribution in [2.75, 3.05) is 37.6 Å². The molecule has 3 saturated heterocycles. The van der Waals surface area contributed by atoms with Gasteiger partial charge in [0, 0.05) is 12.2 Å². The lowest BCUT2D eigenvalue weighted by molar-refractivity contribution is 0.0935. The van der Waals surface area contributed by atoms with Crippen LogP contribution in [0.3, 0.4) is 0 Å². The Morgan fingerprint density at radius 2 is 1.83 bits per heavy atom. The van der Waals surface area contributed by atoms with Gasteiger partial charge < -0.3 is 15.1 Å². The van der Waals surface area contributed by atoms with Crippen molar-refractivity contribution in [2.24, 2.45) is 0 Å². The number of anilines is 1. The van der Waals surface area contributed by atoms with E-state index in [1.54, 1.807) is 12.1 Å². The highest BCUT2D eigenvalue weighted by Crippen LogP contribution is 2.47. The zero-order valence-electron chi connectivity index (χ0n) is 20.0. The Hall–Kier alpha value is -2.09. The Balaban J connectivity index is 1.11. The summed E-state index contributed by atoms with van der Waals surface area (Å²) in [7, 11) is 0. The molecule has 0 bridgehead atoms. The Morgan fingerprint density at radius 3 is 2.49 bits per heavy atom. The van der Waals surface area contributed by atoms with Crippen molar-refractivity contribution in [3.8, 4) is 0 Å². The van der Waals surface area contributed by atoms with E-state index in [2.05, 4.69) is 34.5 Å². The first-order valence-electron chi connectivity index (χ1n) is 13.0. The predicted octanol–water partition coefficient (Wildman–Crippen LogP) is 5.12. The molecular weight excluding hydrogens is 480 g/mol. The van der Waals surface area contributed by atoms with Crippen LogP contribution in [0.4, 0.5) is 10.5 Å². The van der Waals surface area contributed by atoms with E-state index >= 15 is 0 Å². The average Bonchev–Trinajstić information content (AvgIpc) is 3.62. The lowest BCUT2D eigenvalue weighted by Gasteiger charge is -2.43. The monoisotopic (exact) mass is 512 g/mol. The fourth-order valence-corrected chi connectivity index (χ4v) is 7.40. The summed E-state index contributed by atoms with van der Waals surface area (Å²) in [5.74, 6) is -0.108. The summed E-state index contributed by atoms with van der Waals surface area (Å²) >= 11 is 7.27. The quantitative estimate of drug-likeness (QED) is 0.560. The number of benzene rings is 1. The second-order valence-electron chi connectivity index (χ2n) is 10.6. The van der Waals surface area contributed by atoms with Crippen LogP contribution < -0.4 is 10.2 Å². The number of hydrogen-bond acceptors (Lipinski definition) is 4. The van der Waals surface area contributed by atoms with E-state index in [0.717, 1.165) is 12.1 Å². The Morgan fingerprint density at radius 1 is 1.06 bits per heavy atom. The molecule has 0 spiro atoms. The Labute approximate surface area is 216 Å². The van der Waals surface area contributed by atoms with Gasteiger partial charge in [0.1, 0.15) is 0 Å². The van der Waals surface area contributed by atoms with Crippen molar-refractivity contribution >= 4 is 40.6 Å². The molecule has 3 aliphatic heterocycles. The number of nitrogens with one attached hydrogen (secondary N) is 1. The largest absolute Gasteiger partial charge is 0.346 e. The maximum absolute atomic E-state index is 13.2. The lowest BCUT2D eigenvalue weighted by atomic mass is 9.62. The molecule has 4 fully saturated rings. The molecule has 35 heavy (non-hydrogen) atoms. The molecule has 186 valence electrons. The molecule has 6 rings (SSSR count). The molecule has 0 radical (unpaired) electrons. The van der Waals surface area contributed by atoms with Crippen LogP contribution in [-0.2, 0) is 5.41 Å². The van der Waals surface area contributed by atoms with Gasteiger partial charge in [0.15, 0.2) is 0 Å². The molecule has 4 aliphatic rings. The molecular formula is C27H33ClN4O2S. The van der Waals surface area contributed by atoms with Crippen LogP contribution in [0.15, 0.2) is 36.4 Å². The first-order valence-corrected chi connectivity index (χ1v) is 14.2. The van der Waals surface area contributed by atoms with Crippen molar-refractivity contribution in [2.45, 2.75) is 62.4 Å². The number of carbonyl (C=O) groups is 2. The zero-order chi connectivity index (χ0) is 24.0. The maximum Gasteiger partial charge on any atom is 0.324 e. The van der Waals surface area contributed by atoms with Gasteiger partial charge in [-0.1, -0.05) is 30.2 Å². The molecule has 3 amide bonds. The van der Waals surface area contributed by atoms with Crippen LogP contribution in [0, 0.1) is 0 Å². The van der Waals surface area contributed by atoms with Gasteiger partial charge in [-0.15, -0.1) is 11.3 Å². The molecule has 4 heterocycles. The van der Waals surface area contributed by atoms with Crippen LogP contribution in [0.2, 0.25) is 4.34 Å². The van der Waals surface area contributed by atoms with Gasteiger partial charge >= 0.3 is 6.03 Å². The molecule has 1 N–H and O–H groups in total. The molecule has 1 aliphatic carbocycles. The highest BCUT2D eigenvalue weighted by Gasteiger charge is 2.47. The molecule has 0 unspecified atom stereocenters. The van der Waals surface area contributed by atoms with Gasteiger partial charge in [-0.05, 0) is 93.4 Å². The number of hydrogen-bond donors (Lipinski definition) is 1. The van der Waals surface area contributed by atoms with Crippen molar-refractivity contribution in [1.29, 1.82) is 0 Å². The molecule has 1 aromatic heterocycles. The highest BCUT2D eigenvalue weighted by atomic mass is 35.5. The van der Waals surface area contributed by atoms with Gasteiger partial charge in [0.05, 0.1) is 27.8 Å². The van der Waals surface area contributed by atoms with Gasteiger partial charge in [0.25, 0.3) is 5.91 Å². The normalized spacial score (nSPS) is 25.7. The molecule has 1 saturated carbocycles. The number of amides is 3. The standard InChI is InChI=1S/C27H33ClN4O2S/c28-24-9-8-23(35-24)25(33)29-21-10-16-31-22(21)18-32(26(31)34)20-6-4-19(5-7-20)27(11-3-12-27)13-17-30-14-1-2-15-30/h4-9,21-22H,1-3,10-18H2,(H,29,33)/t21-,22-/m1/s1. The number of fused-ring (bicyclic) bond motifs is 1. The summed E-state index contributed by atoms with van der Waals surface area (Å²) in [5.41, 5.74) is 2.70. The molecule has 6 nitrogen and oxygen atoms in total. The second kappa shape index (κ2) is 9.41. The second-order valence-corrected chi connectivity index (χ2v) is 12.3. The average molecular weight is 513 g/mol. The van der Waals surface area contributed by atoms with Gasteiger partial charge in [-0.25, -0.2) is 4.79 Å². The van der Waals surface area contributed by atoms with Gasteiger partial charge in [-0.2, -0.15) is 0 Å². The summed E-state index contributed by atoms with van der Waals surface area (Å²) < 4.78 is 0.605. The van der Waals surface area contributed by atoms with E-state index in [9.17, 15) is 9.59 Å². The van der Waals surface area contributed by atoms with E-state index in [1.165, 1.54) is 75.1 Å².